The van der Waals surface area contributed by atoms with Crippen molar-refractivity contribution in [3.8, 4) is 6.01 Å². The van der Waals surface area contributed by atoms with E-state index in [-0.39, 0.29) is 18.0 Å². The van der Waals surface area contributed by atoms with Crippen molar-refractivity contribution in [2.45, 2.75) is 19.1 Å². The summed E-state index contributed by atoms with van der Waals surface area (Å²) in [7, 11) is 0. The van der Waals surface area contributed by atoms with Crippen LogP contribution in [0.15, 0.2) is 55.4 Å². The largest absolute Gasteiger partial charge is 0.458 e. The molecule has 1 atom stereocenters. The molecule has 0 saturated carbocycles. The third-order valence-corrected chi connectivity index (χ3v) is 4.43. The summed E-state index contributed by atoms with van der Waals surface area (Å²) in [4.78, 5) is 26.0. The summed E-state index contributed by atoms with van der Waals surface area (Å²) in [6.45, 7) is 1.77. The monoisotopic (exact) mass is 367 g/mol. The molecule has 1 aliphatic heterocycles. The summed E-state index contributed by atoms with van der Waals surface area (Å²) >= 11 is 0. The highest BCUT2D eigenvalue weighted by molar-refractivity contribution is 5.94. The van der Waals surface area contributed by atoms with Gasteiger partial charge in [-0.05, 0) is 17.7 Å². The Bertz CT molecular complexity index is 897. The van der Waals surface area contributed by atoms with Crippen LogP contribution in [0.1, 0.15) is 22.3 Å². The number of nitrogens with zero attached hydrogens (tertiary/aromatic N) is 5. The first-order chi connectivity index (χ1) is 13.2. The van der Waals surface area contributed by atoms with E-state index in [1.807, 2.05) is 35.0 Å². The van der Waals surface area contributed by atoms with Crippen LogP contribution in [0, 0.1) is 5.82 Å². The molecule has 0 N–H and O–H groups in total. The molecule has 138 valence electrons. The van der Waals surface area contributed by atoms with E-state index in [0.29, 0.717) is 31.6 Å². The topological polar surface area (TPSA) is 73.1 Å². The number of aromatic nitrogens is 4. The molecule has 1 saturated heterocycles. The van der Waals surface area contributed by atoms with Crippen molar-refractivity contribution in [1.82, 2.24) is 24.4 Å². The lowest BCUT2D eigenvalue weighted by Crippen LogP contribution is -2.31. The van der Waals surface area contributed by atoms with Gasteiger partial charge in [0, 0.05) is 37.5 Å². The van der Waals surface area contributed by atoms with Gasteiger partial charge in [0.1, 0.15) is 6.10 Å². The predicted molar refractivity (Wildman–Crippen MR) is 94.7 cm³/mol. The number of imidazole rings is 1. The average molecular weight is 367 g/mol. The lowest BCUT2D eigenvalue weighted by atomic mass is 10.1. The second-order valence-electron chi connectivity index (χ2n) is 6.40. The highest BCUT2D eigenvalue weighted by atomic mass is 19.1. The maximum absolute atomic E-state index is 12.9. The van der Waals surface area contributed by atoms with E-state index in [4.69, 9.17) is 4.74 Å². The first kappa shape index (κ1) is 17.1. The number of carbonyl (C=O) groups is 1. The van der Waals surface area contributed by atoms with Gasteiger partial charge >= 0.3 is 6.01 Å². The third kappa shape index (κ3) is 4.11. The highest BCUT2D eigenvalue weighted by Crippen LogP contribution is 2.18. The fourth-order valence-electron chi connectivity index (χ4n) is 3.05. The van der Waals surface area contributed by atoms with E-state index in [2.05, 4.69) is 15.0 Å². The van der Waals surface area contributed by atoms with Crippen LogP contribution in [0.2, 0.25) is 0 Å². The Hall–Kier alpha value is -3.29. The van der Waals surface area contributed by atoms with Crippen molar-refractivity contribution in [1.29, 1.82) is 0 Å². The molecule has 4 rings (SSSR count). The first-order valence-electron chi connectivity index (χ1n) is 8.65. The Morgan fingerprint density at radius 2 is 2.00 bits per heavy atom. The van der Waals surface area contributed by atoms with Crippen molar-refractivity contribution >= 4 is 5.91 Å². The van der Waals surface area contributed by atoms with Gasteiger partial charge < -0.3 is 14.2 Å². The van der Waals surface area contributed by atoms with E-state index in [1.54, 1.807) is 17.4 Å². The number of ether oxygens (including phenoxy) is 1. The van der Waals surface area contributed by atoms with E-state index < -0.39 is 5.82 Å². The summed E-state index contributed by atoms with van der Waals surface area (Å²) in [6, 6.07) is 7.70. The number of carbonyl (C=O) groups excluding carboxylic acids is 1. The second kappa shape index (κ2) is 7.53. The van der Waals surface area contributed by atoms with Crippen LogP contribution >= 0.6 is 0 Å². The Labute approximate surface area is 155 Å². The van der Waals surface area contributed by atoms with Gasteiger partial charge in [0.15, 0.2) is 5.82 Å². The zero-order valence-electron chi connectivity index (χ0n) is 14.5. The van der Waals surface area contributed by atoms with Crippen molar-refractivity contribution in [2.24, 2.45) is 0 Å². The van der Waals surface area contributed by atoms with Crippen LogP contribution in [0.5, 0.6) is 6.01 Å². The SMILES string of the molecule is O=C(c1ccc(Cn2ccnc2)cc1)N1CCC(Oc2ncc(F)cn2)C1. The van der Waals surface area contributed by atoms with Crippen LogP contribution in [-0.4, -0.2) is 49.5 Å². The Morgan fingerprint density at radius 1 is 1.22 bits per heavy atom. The fourth-order valence-corrected chi connectivity index (χ4v) is 3.05. The smallest absolute Gasteiger partial charge is 0.316 e. The van der Waals surface area contributed by atoms with Gasteiger partial charge in [-0.25, -0.2) is 19.3 Å². The maximum atomic E-state index is 12.9. The van der Waals surface area contributed by atoms with Gasteiger partial charge in [0.2, 0.25) is 0 Å². The number of benzene rings is 1. The first-order valence-corrected chi connectivity index (χ1v) is 8.65. The van der Waals surface area contributed by atoms with Crippen LogP contribution < -0.4 is 4.74 Å². The van der Waals surface area contributed by atoms with E-state index in [1.165, 1.54) is 0 Å². The van der Waals surface area contributed by atoms with E-state index >= 15 is 0 Å². The second-order valence-corrected chi connectivity index (χ2v) is 6.40. The third-order valence-electron chi connectivity index (χ3n) is 4.43. The van der Waals surface area contributed by atoms with Crippen LogP contribution in [0.25, 0.3) is 0 Å². The maximum Gasteiger partial charge on any atom is 0.316 e. The molecule has 8 heteroatoms. The minimum absolute atomic E-state index is 0.0321. The van der Waals surface area contributed by atoms with Crippen LogP contribution in [0.3, 0.4) is 0 Å². The molecule has 0 bridgehead atoms. The summed E-state index contributed by atoms with van der Waals surface area (Å²) < 4.78 is 20.5. The van der Waals surface area contributed by atoms with Crippen LogP contribution in [-0.2, 0) is 6.54 Å². The Morgan fingerprint density at radius 3 is 2.70 bits per heavy atom. The fraction of sp³-hybridized carbons (Fsp3) is 0.263. The van der Waals surface area contributed by atoms with Gasteiger partial charge in [0.25, 0.3) is 5.91 Å². The van der Waals surface area contributed by atoms with Gasteiger partial charge in [-0.2, -0.15) is 0 Å². The number of likely N-dealkylation sites (tertiary alicyclic amines) is 1. The van der Waals surface area contributed by atoms with Gasteiger partial charge in [-0.15, -0.1) is 0 Å². The standard InChI is InChI=1S/C19H18FN5O2/c20-16-9-22-19(23-10-16)27-17-5-7-25(12-17)18(26)15-3-1-14(2-4-15)11-24-8-6-21-13-24/h1-4,6,8-10,13,17H,5,7,11-12H2. The molecular formula is C19H18FN5O2. The zero-order valence-corrected chi connectivity index (χ0v) is 14.5. The van der Waals surface area contributed by atoms with Crippen molar-refractivity contribution in [3.05, 3.63) is 72.3 Å². The summed E-state index contributed by atoms with van der Waals surface area (Å²) in [5.41, 5.74) is 1.74. The Balaban J connectivity index is 1.34. The summed E-state index contributed by atoms with van der Waals surface area (Å²) in [6.07, 6.45) is 8.01. The molecule has 7 nitrogen and oxygen atoms in total. The number of hydrogen-bond donors (Lipinski definition) is 0. The van der Waals surface area contributed by atoms with Crippen molar-refractivity contribution in [2.75, 3.05) is 13.1 Å². The zero-order chi connectivity index (χ0) is 18.6. The molecule has 3 heterocycles. The number of rotatable bonds is 5. The van der Waals surface area contributed by atoms with Crippen molar-refractivity contribution in [3.63, 3.8) is 0 Å². The quantitative estimate of drug-likeness (QED) is 0.691. The van der Waals surface area contributed by atoms with Crippen molar-refractivity contribution < 1.29 is 13.9 Å². The lowest BCUT2D eigenvalue weighted by Gasteiger charge is -2.17. The molecule has 0 radical (unpaired) electrons. The minimum atomic E-state index is -0.512. The molecule has 1 amide bonds. The normalized spacial score (nSPS) is 16.5. The predicted octanol–water partition coefficient (Wildman–Crippen LogP) is 2.15. The molecule has 1 aromatic carbocycles. The lowest BCUT2D eigenvalue weighted by molar-refractivity contribution is 0.0769. The average Bonchev–Trinajstić information content (AvgIpc) is 3.36. The summed E-state index contributed by atoms with van der Waals surface area (Å²) in [5.74, 6) is -0.544. The minimum Gasteiger partial charge on any atom is -0.458 e. The van der Waals surface area contributed by atoms with Crippen LogP contribution in [0.4, 0.5) is 4.39 Å². The van der Waals surface area contributed by atoms with Gasteiger partial charge in [-0.3, -0.25) is 4.79 Å². The molecule has 0 spiro atoms. The highest BCUT2D eigenvalue weighted by Gasteiger charge is 2.28. The number of amides is 1. The molecule has 27 heavy (non-hydrogen) atoms. The molecular weight excluding hydrogens is 349 g/mol. The van der Waals surface area contributed by atoms with Gasteiger partial charge in [0.05, 0.1) is 25.3 Å². The molecule has 3 aromatic rings. The molecule has 2 aromatic heterocycles. The Kier molecular flexibility index (Phi) is 4.78. The molecule has 1 unspecified atom stereocenters. The summed E-state index contributed by atoms with van der Waals surface area (Å²) in [5, 5.41) is 0. The molecule has 0 aliphatic carbocycles. The van der Waals surface area contributed by atoms with Gasteiger partial charge in [-0.1, -0.05) is 12.1 Å². The molecule has 1 fully saturated rings. The molecule has 1 aliphatic rings. The number of halogens is 1. The van der Waals surface area contributed by atoms with E-state index in [0.717, 1.165) is 18.0 Å². The number of hydrogen-bond acceptors (Lipinski definition) is 5. The van der Waals surface area contributed by atoms with E-state index in [9.17, 15) is 9.18 Å².